The first-order valence-electron chi connectivity index (χ1n) is 22.3. The van der Waals surface area contributed by atoms with Gasteiger partial charge in [-0.15, -0.1) is 9.05 Å². The molecule has 3 aromatic heterocycles. The lowest BCUT2D eigenvalue weighted by Gasteiger charge is -2.28. The number of carbonyl (C=O) groups is 7. The minimum absolute atomic E-state index is 0.0277. The van der Waals surface area contributed by atoms with E-state index >= 15 is 0 Å². The number of nitrogens with one attached hydrogen (secondary N) is 6. The van der Waals surface area contributed by atoms with Gasteiger partial charge in [-0.05, 0) is 13.3 Å². The number of aromatic hydroxyl groups is 1. The number of imidazole rings is 1. The van der Waals surface area contributed by atoms with Crippen molar-refractivity contribution >= 4 is 94.7 Å². The summed E-state index contributed by atoms with van der Waals surface area (Å²) in [6, 6.07) is -6.20. The summed E-state index contributed by atoms with van der Waals surface area (Å²) in [5.74, 6) is -11.0. The van der Waals surface area contributed by atoms with E-state index in [4.69, 9.17) is 24.3 Å². The summed E-state index contributed by atoms with van der Waals surface area (Å²) in [5, 5.41) is 82.9. The molecule has 22 N–H and O–H groups in total. The van der Waals surface area contributed by atoms with Gasteiger partial charge in [0.05, 0.1) is 17.5 Å². The van der Waals surface area contributed by atoms with Crippen LogP contribution in [0.25, 0.3) is 17.0 Å². The number of aliphatic hydroxyl groups is 4. The van der Waals surface area contributed by atoms with E-state index in [1.165, 1.54) is 20.8 Å². The minimum Gasteiger partial charge on any atom is -0.500 e. The first kappa shape index (κ1) is 66.8. The fourth-order valence-electron chi connectivity index (χ4n) is 6.03. The van der Waals surface area contributed by atoms with Gasteiger partial charge in [-0.2, -0.15) is 46.0 Å². The van der Waals surface area contributed by atoms with Crippen molar-refractivity contribution in [3.63, 3.8) is 0 Å². The van der Waals surface area contributed by atoms with Crippen molar-refractivity contribution in [1.82, 2.24) is 51.4 Å². The van der Waals surface area contributed by atoms with E-state index < -0.39 is 170 Å². The Kier molecular flexibility index (Phi) is 25.4. The highest BCUT2D eigenvalue weighted by Gasteiger charge is 2.61. The third kappa shape index (κ3) is 21.3. The highest BCUT2D eigenvalue weighted by atomic mass is 32.2. The maximum absolute atomic E-state index is 12.7. The number of anilines is 1. The van der Waals surface area contributed by atoms with Crippen LogP contribution in [0.5, 0.6) is 11.5 Å². The minimum atomic E-state index is -5.37. The zero-order valence-electron chi connectivity index (χ0n) is 41.2. The first-order chi connectivity index (χ1) is 36.2. The lowest BCUT2D eigenvalue weighted by atomic mass is 9.87. The number of aliphatic hydroxyl groups excluding tert-OH is 4. The van der Waals surface area contributed by atoms with Gasteiger partial charge in [0.25, 0.3) is 11.6 Å². The monoisotopic (exact) mass is 1200 g/mol. The fraction of sp³-hybridized carbons (Fsp3) is 0.568. The number of furan rings is 1. The maximum Gasteiger partial charge on any atom is 0.620 e. The highest BCUT2D eigenvalue weighted by Crippen LogP contribution is 2.70. The van der Waals surface area contributed by atoms with Crippen LogP contribution in [0.4, 0.5) is 5.82 Å². The molecule has 0 bridgehead atoms. The number of hydrogen-bond acceptors (Lipinski definition) is 30. The molecule has 0 radical (unpaired) electrons. The molecule has 5 amide bonds. The second-order valence-electron chi connectivity index (χ2n) is 16.8. The highest BCUT2D eigenvalue weighted by molar-refractivity contribution is 7.99. The van der Waals surface area contributed by atoms with Gasteiger partial charge in [0.15, 0.2) is 29.3 Å². The SMILES string of the molecule is C[C@H](NC(=O)[C@H](CO)N[C@H](O)CSCCNC(=O)CCNC(=O)[C@H](O)C(C)(C)CO[P+](O)(O)O[P+](O)(O)OCc1oc(-n2cnc3c(N)ncnc32)c(O)c1O[P+](O)(O)O)C(=O)N[C@@H](CO)C(=O)N[C@@H](CCC(=O)O)C(=O)O. The molecule has 0 saturated carbocycles. The average molecular weight is 1200 g/mol. The van der Waals surface area contributed by atoms with Gasteiger partial charge < -0.3 is 72.5 Å². The van der Waals surface area contributed by atoms with Crippen LogP contribution in [0.15, 0.2) is 17.1 Å². The molecule has 78 heavy (non-hydrogen) atoms. The Morgan fingerprint density at radius 1 is 0.821 bits per heavy atom. The van der Waals surface area contributed by atoms with Crippen molar-refractivity contribution in [2.24, 2.45) is 5.41 Å². The molecule has 0 aliphatic carbocycles. The molecule has 41 heteroatoms. The van der Waals surface area contributed by atoms with Crippen LogP contribution in [0, 0.1) is 5.41 Å². The number of carboxylic acids is 2. The van der Waals surface area contributed by atoms with Crippen LogP contribution >= 0.6 is 36.3 Å². The van der Waals surface area contributed by atoms with Crippen LogP contribution in [0.2, 0.25) is 0 Å². The van der Waals surface area contributed by atoms with Crippen LogP contribution in [0.1, 0.15) is 45.8 Å². The third-order valence-electron chi connectivity index (χ3n) is 10.1. The molecule has 0 spiro atoms. The lowest BCUT2D eigenvalue weighted by molar-refractivity contribution is -0.143. The Bertz CT molecular complexity index is 2550. The molecule has 0 aliphatic heterocycles. The number of aromatic nitrogens is 4. The molecule has 0 saturated heterocycles. The molecule has 3 aromatic rings. The first-order valence-corrected chi connectivity index (χ1v) is 28.1. The number of nitrogen functional groups attached to an aromatic ring is 1. The Hall–Kier alpha value is -5.44. The summed E-state index contributed by atoms with van der Waals surface area (Å²) in [4.78, 5) is 167. The standard InChI is InChI=1S/C37H58N11O26P3S/c1-17(31(57)47-20(11-50)33(59)46-18(36(61)62)4-5-24(53)54)44-32(58)19(10-49)45-23(52)13-78-9-8-39-22(51)6-7-40-34(60)28(56)37(2,3)14-71-77(68,69)74-76(66,67)70-12-21-27(73-75(63,64)65)26(55)35(72-21)48-16-43-25-29(38)41-15-42-30(25)48/h15-20,23,28,45,49-50,52,56,63-69H,4-14H2,1-3H3,(H7-3,38,39,40,41,42,44,46,47,51,53,54,55,57,58,59,60,61,62)/p+3/t17-,18-,19-,20-,23+,28-/m0/s1. The summed E-state index contributed by atoms with van der Waals surface area (Å²) in [6.45, 7) is -0.607. The lowest BCUT2D eigenvalue weighted by Crippen LogP contribution is -2.58. The second-order valence-corrected chi connectivity index (χ2v) is 22.3. The van der Waals surface area contributed by atoms with E-state index in [1.807, 2.05) is 5.32 Å². The number of thioether (sulfide) groups is 1. The quantitative estimate of drug-likeness (QED) is 0.0148. The van der Waals surface area contributed by atoms with Gasteiger partial charge in [-0.3, -0.25) is 38.6 Å². The number of carbonyl (C=O) groups excluding carboxylic acids is 5. The van der Waals surface area contributed by atoms with Gasteiger partial charge in [0.1, 0.15) is 55.8 Å². The molecule has 0 aromatic carbocycles. The maximum atomic E-state index is 12.7. The number of rotatable bonds is 35. The van der Waals surface area contributed by atoms with Gasteiger partial charge in [-0.1, -0.05) is 13.8 Å². The van der Waals surface area contributed by atoms with E-state index in [0.717, 1.165) is 29.0 Å². The van der Waals surface area contributed by atoms with Crippen molar-refractivity contribution in [1.29, 1.82) is 0 Å². The molecule has 3 rings (SSSR count). The number of amides is 5. The topological polar surface area (TPSA) is 595 Å². The largest absolute Gasteiger partial charge is 0.620 e. The Labute approximate surface area is 445 Å². The molecule has 0 fully saturated rings. The third-order valence-corrected chi connectivity index (χ3v) is 14.2. The van der Waals surface area contributed by atoms with Crippen LogP contribution in [-0.2, 0) is 53.5 Å². The van der Waals surface area contributed by atoms with Crippen LogP contribution in [0.3, 0.4) is 0 Å². The fourth-order valence-corrected chi connectivity index (χ4v) is 9.47. The van der Waals surface area contributed by atoms with Crippen molar-refractivity contribution in [3.8, 4) is 17.4 Å². The molecule has 3 heterocycles. The van der Waals surface area contributed by atoms with E-state index in [-0.39, 0.29) is 48.0 Å². The molecule has 0 unspecified atom stereocenters. The predicted molar refractivity (Wildman–Crippen MR) is 265 cm³/mol. The second kappa shape index (κ2) is 29.7. The van der Waals surface area contributed by atoms with Crippen molar-refractivity contribution < 1.29 is 126 Å². The predicted octanol–water partition coefficient (Wildman–Crippen LogP) is -5.97. The average Bonchev–Trinajstić information content (AvgIpc) is 3.91. The number of fused-ring (bicyclic) bond motifs is 1. The molecule has 438 valence electrons. The summed E-state index contributed by atoms with van der Waals surface area (Å²) >= 11 is 1.09. The normalized spacial score (nSPS) is 14.6. The Morgan fingerprint density at radius 2 is 1.45 bits per heavy atom. The van der Waals surface area contributed by atoms with E-state index in [9.17, 15) is 98.5 Å². The van der Waals surface area contributed by atoms with Crippen LogP contribution < -0.4 is 42.2 Å². The number of nitrogens with zero attached hydrogens (tertiary/aromatic N) is 4. The number of hydrogen-bond donors (Lipinski definition) is 21. The van der Waals surface area contributed by atoms with Crippen molar-refractivity contribution in [3.05, 3.63) is 18.4 Å². The van der Waals surface area contributed by atoms with Gasteiger partial charge >= 0.3 is 36.4 Å². The molecular weight excluding hydrogens is 1140 g/mol. The summed E-state index contributed by atoms with van der Waals surface area (Å²) in [6.07, 6.45) is -2.68. The molecule has 0 aliphatic rings. The van der Waals surface area contributed by atoms with Crippen LogP contribution in [-0.4, -0.2) is 212 Å². The Balaban J connectivity index is 1.39. The Morgan fingerprint density at radius 3 is 2.06 bits per heavy atom. The summed E-state index contributed by atoms with van der Waals surface area (Å²) < 4.78 is 25.2. The molecule has 37 nitrogen and oxygen atoms in total. The van der Waals surface area contributed by atoms with E-state index in [0.29, 0.717) is 0 Å². The summed E-state index contributed by atoms with van der Waals surface area (Å²) in [5.41, 5.74) is 4.07. The molecular formula is C37H61N11O26P3S+3. The number of nitrogens with two attached hydrogens (primary N) is 1. The number of carboxylic acid groups (broad SMARTS) is 2. The number of aliphatic carboxylic acids is 2. The molecule has 6 atom stereocenters. The van der Waals surface area contributed by atoms with E-state index in [2.05, 4.69) is 50.4 Å². The smallest absolute Gasteiger partial charge is 0.500 e. The van der Waals surface area contributed by atoms with Gasteiger partial charge in [0, 0.05) is 42.9 Å². The zero-order chi connectivity index (χ0) is 58.9. The van der Waals surface area contributed by atoms with Crippen molar-refractivity contribution in [2.45, 2.75) is 83.1 Å². The zero-order valence-corrected chi connectivity index (χ0v) is 44.7. The van der Waals surface area contributed by atoms with E-state index in [1.54, 1.807) is 0 Å². The van der Waals surface area contributed by atoms with Crippen molar-refractivity contribution in [2.75, 3.05) is 50.1 Å². The van der Waals surface area contributed by atoms with Gasteiger partial charge in [0.2, 0.25) is 35.3 Å². The van der Waals surface area contributed by atoms with Gasteiger partial charge in [-0.25, -0.2) is 24.3 Å². The summed E-state index contributed by atoms with van der Waals surface area (Å²) in [7, 11) is -15.9.